The highest BCUT2D eigenvalue weighted by Crippen LogP contribution is 2.42. The van der Waals surface area contributed by atoms with E-state index in [1.807, 2.05) is 0 Å². The number of rotatable bonds is 5. The van der Waals surface area contributed by atoms with Crippen LogP contribution in [0.25, 0.3) is 0 Å². The number of amides is 1. The molecular weight excluding hydrogens is 306 g/mol. The summed E-state index contributed by atoms with van der Waals surface area (Å²) >= 11 is 0. The predicted octanol–water partition coefficient (Wildman–Crippen LogP) is 0.629. The van der Waals surface area contributed by atoms with Crippen molar-refractivity contribution >= 4 is 18.0 Å². The number of carboxylic acid groups (broad SMARTS) is 1. The summed E-state index contributed by atoms with van der Waals surface area (Å²) in [7, 11) is 1.22. The molecule has 8 heteroatoms. The third-order valence-electron chi connectivity index (χ3n) is 4.00. The lowest BCUT2D eigenvalue weighted by Gasteiger charge is -2.25. The molecule has 0 aliphatic heterocycles. The van der Waals surface area contributed by atoms with Gasteiger partial charge in [0.25, 0.3) is 0 Å². The number of aliphatic carboxylic acids is 1. The van der Waals surface area contributed by atoms with Crippen molar-refractivity contribution in [2.45, 2.75) is 32.8 Å². The molecule has 0 aromatic heterocycles. The number of alkyl carbamates (subject to hydrolysis) is 1. The highest BCUT2D eigenvalue weighted by Gasteiger charge is 2.49. The highest BCUT2D eigenvalue weighted by atomic mass is 16.6. The lowest BCUT2D eigenvalue weighted by atomic mass is 9.87. The van der Waals surface area contributed by atoms with E-state index in [1.54, 1.807) is 20.8 Å². The Balaban J connectivity index is 2.82. The van der Waals surface area contributed by atoms with Crippen molar-refractivity contribution in [3.63, 3.8) is 0 Å². The zero-order valence-electron chi connectivity index (χ0n) is 13.9. The molecule has 1 aliphatic rings. The SMILES string of the molecule is COC(=O)[C@H]1C[C@@H](C(=O)O)[C@H](CO)[C@@H]1CNC(=O)OC(C)(C)C. The predicted molar refractivity (Wildman–Crippen MR) is 79.6 cm³/mol. The first-order valence-corrected chi connectivity index (χ1v) is 7.49. The molecule has 132 valence electrons. The Kier molecular flexibility index (Phi) is 6.37. The number of nitrogens with one attached hydrogen (secondary N) is 1. The lowest BCUT2D eigenvalue weighted by molar-refractivity contribution is -0.147. The average molecular weight is 331 g/mol. The number of methoxy groups -OCH3 is 1. The van der Waals surface area contributed by atoms with Gasteiger partial charge in [0.05, 0.1) is 18.9 Å². The molecule has 0 spiro atoms. The van der Waals surface area contributed by atoms with Crippen LogP contribution in [-0.4, -0.2) is 54.1 Å². The maximum atomic E-state index is 11.9. The Hall–Kier alpha value is -1.83. The maximum absolute atomic E-state index is 11.9. The first kappa shape index (κ1) is 19.2. The van der Waals surface area contributed by atoms with E-state index < -0.39 is 47.3 Å². The van der Waals surface area contributed by atoms with Crippen LogP contribution in [0.5, 0.6) is 0 Å². The molecule has 1 rings (SSSR count). The summed E-state index contributed by atoms with van der Waals surface area (Å²) in [4.78, 5) is 35.0. The van der Waals surface area contributed by atoms with Crippen LogP contribution in [0.2, 0.25) is 0 Å². The number of carbonyl (C=O) groups excluding carboxylic acids is 2. The first-order chi connectivity index (χ1) is 10.6. The minimum absolute atomic E-state index is 0.0314. The number of carboxylic acids is 1. The van der Waals surface area contributed by atoms with Crippen LogP contribution in [0.15, 0.2) is 0 Å². The summed E-state index contributed by atoms with van der Waals surface area (Å²) in [6.45, 7) is 4.80. The molecule has 0 aromatic rings. The van der Waals surface area contributed by atoms with Gasteiger partial charge in [-0.3, -0.25) is 9.59 Å². The van der Waals surface area contributed by atoms with E-state index in [1.165, 1.54) is 7.11 Å². The van der Waals surface area contributed by atoms with E-state index in [9.17, 15) is 24.6 Å². The summed E-state index contributed by atoms with van der Waals surface area (Å²) < 4.78 is 9.83. The number of hydrogen-bond acceptors (Lipinski definition) is 6. The van der Waals surface area contributed by atoms with Crippen LogP contribution >= 0.6 is 0 Å². The van der Waals surface area contributed by atoms with Gasteiger partial charge in [-0.05, 0) is 33.1 Å². The van der Waals surface area contributed by atoms with Crippen molar-refractivity contribution in [2.24, 2.45) is 23.7 Å². The Bertz CT molecular complexity index is 457. The summed E-state index contributed by atoms with van der Waals surface area (Å²) in [5.74, 6) is -4.31. The third kappa shape index (κ3) is 5.09. The van der Waals surface area contributed by atoms with Crippen molar-refractivity contribution in [3.8, 4) is 0 Å². The van der Waals surface area contributed by atoms with Gasteiger partial charge in [-0.1, -0.05) is 0 Å². The monoisotopic (exact) mass is 331 g/mol. The van der Waals surface area contributed by atoms with E-state index in [0.717, 1.165) is 0 Å². The molecule has 1 aliphatic carbocycles. The van der Waals surface area contributed by atoms with Gasteiger partial charge >= 0.3 is 18.0 Å². The van der Waals surface area contributed by atoms with Gasteiger partial charge in [0.15, 0.2) is 0 Å². The topological polar surface area (TPSA) is 122 Å². The van der Waals surface area contributed by atoms with Gasteiger partial charge in [0.1, 0.15) is 5.60 Å². The summed E-state index contributed by atoms with van der Waals surface area (Å²) in [5.41, 5.74) is -0.665. The highest BCUT2D eigenvalue weighted by molar-refractivity contribution is 5.77. The molecule has 0 radical (unpaired) electrons. The first-order valence-electron chi connectivity index (χ1n) is 7.49. The van der Waals surface area contributed by atoms with Crippen LogP contribution < -0.4 is 5.32 Å². The summed E-state index contributed by atoms with van der Waals surface area (Å²) in [5, 5.41) is 21.3. The van der Waals surface area contributed by atoms with E-state index in [-0.39, 0.29) is 19.6 Å². The number of carbonyl (C=O) groups is 3. The Morgan fingerprint density at radius 3 is 2.22 bits per heavy atom. The Morgan fingerprint density at radius 1 is 1.17 bits per heavy atom. The fourth-order valence-corrected chi connectivity index (χ4v) is 3.00. The summed E-state index contributed by atoms with van der Waals surface area (Å²) in [6, 6.07) is 0. The number of ether oxygens (including phenoxy) is 2. The van der Waals surface area contributed by atoms with Crippen LogP contribution in [0, 0.1) is 23.7 Å². The van der Waals surface area contributed by atoms with Crippen LogP contribution in [0.4, 0.5) is 4.79 Å². The van der Waals surface area contributed by atoms with Crippen LogP contribution in [0.3, 0.4) is 0 Å². The van der Waals surface area contributed by atoms with E-state index in [2.05, 4.69) is 5.32 Å². The fraction of sp³-hybridized carbons (Fsp3) is 0.800. The maximum Gasteiger partial charge on any atom is 0.407 e. The van der Waals surface area contributed by atoms with E-state index >= 15 is 0 Å². The molecule has 0 saturated heterocycles. The second-order valence-electron chi connectivity index (χ2n) is 6.70. The number of aliphatic hydroxyl groups is 1. The second-order valence-corrected chi connectivity index (χ2v) is 6.70. The van der Waals surface area contributed by atoms with Gasteiger partial charge in [0, 0.05) is 19.1 Å². The molecule has 0 aromatic carbocycles. The van der Waals surface area contributed by atoms with Crippen molar-refractivity contribution in [3.05, 3.63) is 0 Å². The standard InChI is InChI=1S/C15H25NO7/c1-15(2,3)23-14(21)16-6-10-9(13(20)22-4)5-8(12(18)19)11(10)7-17/h8-11,17H,5-7H2,1-4H3,(H,16,21)(H,18,19)/t8-,9+,10-,11+/m1/s1. The molecule has 1 saturated carbocycles. The van der Waals surface area contributed by atoms with Crippen molar-refractivity contribution in [2.75, 3.05) is 20.3 Å². The van der Waals surface area contributed by atoms with Gasteiger partial charge in [0.2, 0.25) is 0 Å². The number of esters is 1. The quantitative estimate of drug-likeness (QED) is 0.631. The van der Waals surface area contributed by atoms with Gasteiger partial charge in [-0.25, -0.2) is 4.79 Å². The minimum atomic E-state index is -1.07. The second kappa shape index (κ2) is 7.63. The van der Waals surface area contributed by atoms with Crippen LogP contribution in [0.1, 0.15) is 27.2 Å². The van der Waals surface area contributed by atoms with Crippen molar-refractivity contribution in [1.82, 2.24) is 5.32 Å². The average Bonchev–Trinajstić information content (AvgIpc) is 2.81. The van der Waals surface area contributed by atoms with Gasteiger partial charge in [-0.15, -0.1) is 0 Å². The molecule has 4 atom stereocenters. The lowest BCUT2D eigenvalue weighted by Crippen LogP contribution is -2.40. The van der Waals surface area contributed by atoms with Crippen molar-refractivity contribution < 1.29 is 34.1 Å². The smallest absolute Gasteiger partial charge is 0.407 e. The van der Waals surface area contributed by atoms with E-state index in [4.69, 9.17) is 9.47 Å². The molecule has 0 unspecified atom stereocenters. The zero-order valence-corrected chi connectivity index (χ0v) is 13.9. The minimum Gasteiger partial charge on any atom is -0.481 e. The fourth-order valence-electron chi connectivity index (χ4n) is 3.00. The molecule has 1 fully saturated rings. The molecule has 8 nitrogen and oxygen atoms in total. The molecule has 0 heterocycles. The molecule has 3 N–H and O–H groups in total. The summed E-state index contributed by atoms with van der Waals surface area (Å²) in [6.07, 6.45) is -0.579. The van der Waals surface area contributed by atoms with Crippen molar-refractivity contribution in [1.29, 1.82) is 0 Å². The Labute approximate surface area is 135 Å². The largest absolute Gasteiger partial charge is 0.481 e. The molecular formula is C15H25NO7. The molecule has 1 amide bonds. The molecule has 0 bridgehead atoms. The zero-order chi connectivity index (χ0) is 17.8. The van der Waals surface area contributed by atoms with E-state index in [0.29, 0.717) is 0 Å². The normalized spacial score (nSPS) is 27.3. The Morgan fingerprint density at radius 2 is 1.78 bits per heavy atom. The number of hydrogen-bond donors (Lipinski definition) is 3. The van der Waals surface area contributed by atoms with Crippen LogP contribution in [-0.2, 0) is 19.1 Å². The number of aliphatic hydroxyl groups excluding tert-OH is 1. The van der Waals surface area contributed by atoms with Gasteiger partial charge < -0.3 is 25.0 Å². The third-order valence-corrected chi connectivity index (χ3v) is 4.00. The molecule has 23 heavy (non-hydrogen) atoms. The van der Waals surface area contributed by atoms with Gasteiger partial charge in [-0.2, -0.15) is 0 Å².